The third kappa shape index (κ3) is 12.3. The van der Waals surface area contributed by atoms with E-state index in [0.717, 1.165) is 25.7 Å². The van der Waals surface area contributed by atoms with Crippen LogP contribution in [0.15, 0.2) is 54.6 Å². The lowest BCUT2D eigenvalue weighted by Gasteiger charge is -2.19. The van der Waals surface area contributed by atoms with E-state index in [-0.39, 0.29) is 34.2 Å². The van der Waals surface area contributed by atoms with Crippen LogP contribution in [0, 0.1) is 7.14 Å². The largest absolute Gasteiger partial charge is 0.523 e. The van der Waals surface area contributed by atoms with Gasteiger partial charge in [0.25, 0.3) is 0 Å². The molecule has 0 radical (unpaired) electrons. The molecule has 0 aromatic heterocycles. The second kappa shape index (κ2) is 16.5. The Morgan fingerprint density at radius 1 is 0.778 bits per heavy atom. The minimum absolute atomic E-state index is 0.184. The summed E-state index contributed by atoms with van der Waals surface area (Å²) in [7, 11) is -5.68. The third-order valence-corrected chi connectivity index (χ3v) is 9.40. The summed E-state index contributed by atoms with van der Waals surface area (Å²) in [6.07, 6.45) is 9.79. The van der Waals surface area contributed by atoms with Gasteiger partial charge in [-0.3, -0.25) is 4.18 Å². The Labute approximate surface area is 224 Å². The van der Waals surface area contributed by atoms with Gasteiger partial charge in [0.05, 0.1) is 0 Å². The zero-order valence-corrected chi connectivity index (χ0v) is 23.8. The van der Waals surface area contributed by atoms with Crippen LogP contribution in [0.1, 0.15) is 77.6 Å². The molecule has 9 heteroatoms. The smallest absolute Gasteiger partial charge is 0.491 e. The van der Waals surface area contributed by atoms with E-state index < -0.39 is 21.7 Å². The quantitative estimate of drug-likeness (QED) is 0.102. The molecule has 0 spiro atoms. The molecule has 0 aliphatic carbocycles. The van der Waals surface area contributed by atoms with Crippen molar-refractivity contribution in [3.63, 3.8) is 0 Å². The van der Waals surface area contributed by atoms with Crippen molar-refractivity contribution in [3.8, 4) is 5.75 Å². The van der Waals surface area contributed by atoms with Crippen molar-refractivity contribution in [1.29, 1.82) is 0 Å². The molecule has 0 aliphatic rings. The zero-order chi connectivity index (χ0) is 26.3. The highest BCUT2D eigenvalue weighted by Crippen LogP contribution is 2.27. The summed E-state index contributed by atoms with van der Waals surface area (Å²) >= 11 is -0.344. The Bertz CT molecular complexity index is 951. The fourth-order valence-corrected chi connectivity index (χ4v) is 6.47. The average Bonchev–Trinajstić information content (AvgIpc) is 2.84. The van der Waals surface area contributed by atoms with Gasteiger partial charge in [-0.15, -0.1) is 0 Å². The van der Waals surface area contributed by atoms with Crippen LogP contribution in [0.4, 0.5) is 13.2 Å². The van der Waals surface area contributed by atoms with Gasteiger partial charge in [0.1, 0.15) is 18.5 Å². The molecule has 0 saturated carbocycles. The normalized spacial score (nSPS) is 13.0. The molecule has 1 atom stereocenters. The highest BCUT2D eigenvalue weighted by Gasteiger charge is 2.48. The summed E-state index contributed by atoms with van der Waals surface area (Å²) in [5.74, 6) is 0.469. The van der Waals surface area contributed by atoms with E-state index in [9.17, 15) is 21.6 Å². The predicted octanol–water partition coefficient (Wildman–Crippen LogP) is 4.74. The molecule has 202 valence electrons. The zero-order valence-electron chi connectivity index (χ0n) is 20.8. The number of benzene rings is 2. The molecule has 1 unspecified atom stereocenters. The van der Waals surface area contributed by atoms with Gasteiger partial charge in [-0.2, -0.15) is 21.6 Å². The van der Waals surface area contributed by atoms with E-state index >= 15 is 0 Å². The lowest BCUT2D eigenvalue weighted by atomic mass is 10.0. The number of alkyl halides is 3. The monoisotopic (exact) mass is 641 g/mol. The molecule has 2 rings (SSSR count). The fourth-order valence-electron chi connectivity index (χ4n) is 3.64. The standard InChI is InChI=1S/C27H37F3IO4S/c1-2-3-4-5-6-7-8-9-10-14-17-26(35-36(32,33)27(28,29)30)22-34-25-20-18-24(19-21-25)31-23-15-12-11-13-16-23/h11-13,15-16,18-21,26H,2-10,14,17,22H2,1H3/q+1. The maximum atomic E-state index is 12.9. The first-order valence-electron chi connectivity index (χ1n) is 12.6. The summed E-state index contributed by atoms with van der Waals surface area (Å²) < 4.78 is 74.4. The lowest BCUT2D eigenvalue weighted by molar-refractivity contribution is -0.597. The summed E-state index contributed by atoms with van der Waals surface area (Å²) in [6.45, 7) is 1.92. The second-order valence-electron chi connectivity index (χ2n) is 8.74. The first-order valence-corrected chi connectivity index (χ1v) is 16.2. The molecule has 2 aromatic carbocycles. The molecule has 36 heavy (non-hydrogen) atoms. The Morgan fingerprint density at radius 3 is 1.86 bits per heavy atom. The number of rotatable bonds is 18. The van der Waals surface area contributed by atoms with Crippen molar-refractivity contribution in [1.82, 2.24) is 0 Å². The topological polar surface area (TPSA) is 52.6 Å². The van der Waals surface area contributed by atoms with Gasteiger partial charge in [-0.1, -0.05) is 89.3 Å². The molecule has 0 fully saturated rings. The van der Waals surface area contributed by atoms with Crippen molar-refractivity contribution in [3.05, 3.63) is 61.7 Å². The predicted molar refractivity (Wildman–Crippen MR) is 132 cm³/mol. The van der Waals surface area contributed by atoms with E-state index in [1.165, 1.54) is 39.2 Å². The third-order valence-electron chi connectivity index (χ3n) is 5.63. The number of ether oxygens (including phenoxy) is 1. The van der Waals surface area contributed by atoms with Gasteiger partial charge in [-0.25, -0.2) is 0 Å². The number of hydrogen-bond donors (Lipinski definition) is 0. The summed E-state index contributed by atoms with van der Waals surface area (Å²) in [5.41, 5.74) is -5.45. The van der Waals surface area contributed by atoms with Crippen LogP contribution >= 0.6 is 0 Å². The van der Waals surface area contributed by atoms with Gasteiger partial charge in [-0.05, 0) is 42.8 Å². The van der Waals surface area contributed by atoms with E-state index in [1.54, 1.807) is 12.1 Å². The summed E-state index contributed by atoms with van der Waals surface area (Å²) in [5, 5.41) is 0. The van der Waals surface area contributed by atoms with Crippen LogP contribution < -0.4 is 25.9 Å². The van der Waals surface area contributed by atoms with Crippen molar-refractivity contribution < 1.29 is 51.7 Å². The molecule has 0 heterocycles. The van der Waals surface area contributed by atoms with Gasteiger partial charge in [0, 0.05) is 0 Å². The minimum atomic E-state index is -5.68. The van der Waals surface area contributed by atoms with Crippen molar-refractivity contribution in [2.75, 3.05) is 6.61 Å². The molecule has 0 saturated heterocycles. The van der Waals surface area contributed by atoms with Crippen LogP contribution in [-0.2, 0) is 14.3 Å². The first-order chi connectivity index (χ1) is 17.2. The molecule has 0 bridgehead atoms. The van der Waals surface area contributed by atoms with E-state index in [1.807, 2.05) is 30.3 Å². The number of unbranched alkanes of at least 4 members (excludes halogenated alkanes) is 9. The SMILES string of the molecule is CCCCCCCCCCCCC(COc1ccc([I+]c2ccccc2)cc1)OS(=O)(=O)C(F)(F)F. The average molecular weight is 642 g/mol. The van der Waals surface area contributed by atoms with E-state index in [2.05, 4.69) is 23.2 Å². The van der Waals surface area contributed by atoms with Crippen LogP contribution in [-0.4, -0.2) is 26.6 Å². The minimum Gasteiger partial charge on any atom is -0.491 e. The van der Waals surface area contributed by atoms with Crippen LogP contribution in [0.5, 0.6) is 5.75 Å². The maximum Gasteiger partial charge on any atom is 0.523 e. The lowest BCUT2D eigenvalue weighted by Crippen LogP contribution is -3.61. The fraction of sp³-hybridized carbons (Fsp3) is 0.556. The van der Waals surface area contributed by atoms with Crippen molar-refractivity contribution in [2.24, 2.45) is 0 Å². The summed E-state index contributed by atoms with van der Waals surface area (Å²) in [6, 6.07) is 17.5. The molecule has 2 aromatic rings. The molecule has 0 N–H and O–H groups in total. The highest BCUT2D eigenvalue weighted by molar-refractivity contribution is 7.87. The molecule has 0 amide bonds. The van der Waals surface area contributed by atoms with Crippen LogP contribution in [0.3, 0.4) is 0 Å². The second-order valence-corrected chi connectivity index (χ2v) is 13.3. The van der Waals surface area contributed by atoms with Gasteiger partial charge in [0.2, 0.25) is 0 Å². The first kappa shape index (κ1) is 30.9. The summed E-state index contributed by atoms with van der Waals surface area (Å²) in [4.78, 5) is 0. The molecular weight excluding hydrogens is 604 g/mol. The molecule has 4 nitrogen and oxygen atoms in total. The molecular formula is C27H37F3IO4S+. The van der Waals surface area contributed by atoms with E-state index in [4.69, 9.17) is 4.74 Å². The maximum absolute atomic E-state index is 12.9. The number of hydrogen-bond acceptors (Lipinski definition) is 4. The van der Waals surface area contributed by atoms with Gasteiger partial charge >= 0.3 is 36.8 Å². The van der Waals surface area contributed by atoms with Crippen molar-refractivity contribution >= 4 is 10.1 Å². The Morgan fingerprint density at radius 2 is 1.31 bits per heavy atom. The molecule has 0 aliphatic heterocycles. The van der Waals surface area contributed by atoms with Crippen LogP contribution in [0.25, 0.3) is 0 Å². The van der Waals surface area contributed by atoms with E-state index in [0.29, 0.717) is 12.2 Å². The Hall–Kier alpha value is -1.33. The van der Waals surface area contributed by atoms with Gasteiger partial charge in [0.15, 0.2) is 7.14 Å². The van der Waals surface area contributed by atoms with Gasteiger partial charge < -0.3 is 4.74 Å². The highest BCUT2D eigenvalue weighted by atomic mass is 127. The Kier molecular flexibility index (Phi) is 14.2. The Balaban J connectivity index is 1.81. The van der Waals surface area contributed by atoms with Crippen LogP contribution in [0.2, 0.25) is 0 Å². The van der Waals surface area contributed by atoms with Crippen molar-refractivity contribution in [2.45, 2.75) is 89.2 Å². The number of halogens is 4.